The Labute approximate surface area is 138 Å². The van der Waals surface area contributed by atoms with Gasteiger partial charge in [-0.2, -0.15) is 0 Å². The van der Waals surface area contributed by atoms with Crippen molar-refractivity contribution in [2.75, 3.05) is 18.0 Å². The van der Waals surface area contributed by atoms with Crippen LogP contribution >= 0.6 is 0 Å². The molecular weight excluding hydrogens is 286 g/mol. The van der Waals surface area contributed by atoms with Crippen molar-refractivity contribution in [3.8, 4) is 0 Å². The van der Waals surface area contributed by atoms with Gasteiger partial charge < -0.3 is 10.0 Å². The lowest BCUT2D eigenvalue weighted by Gasteiger charge is -2.39. The molecule has 4 rings (SSSR count). The van der Waals surface area contributed by atoms with E-state index in [2.05, 4.69) is 11.0 Å². The molecule has 3 aliphatic rings. The summed E-state index contributed by atoms with van der Waals surface area (Å²) >= 11 is 0. The molecule has 0 bridgehead atoms. The molecule has 0 aromatic heterocycles. The number of aliphatic hydroxyl groups excluding tert-OH is 1. The smallest absolute Gasteiger partial charge is 0.160 e. The zero-order valence-electron chi connectivity index (χ0n) is 14.1. The summed E-state index contributed by atoms with van der Waals surface area (Å²) in [5, 5.41) is 10.6. The minimum atomic E-state index is -0.563. The first kappa shape index (κ1) is 14.9. The highest BCUT2D eigenvalue weighted by atomic mass is 16.3. The summed E-state index contributed by atoms with van der Waals surface area (Å²) in [5.41, 5.74) is 7.39. The van der Waals surface area contributed by atoms with E-state index in [1.807, 2.05) is 13.8 Å². The van der Waals surface area contributed by atoms with Crippen molar-refractivity contribution in [1.82, 2.24) is 0 Å². The fourth-order valence-electron chi connectivity index (χ4n) is 4.47. The van der Waals surface area contributed by atoms with Crippen LogP contribution in [0.15, 0.2) is 12.1 Å². The number of nitrogens with zero attached hydrogens (tertiary/aromatic N) is 1. The van der Waals surface area contributed by atoms with Crippen molar-refractivity contribution in [3.05, 3.63) is 34.4 Å². The first-order valence-corrected chi connectivity index (χ1v) is 8.91. The van der Waals surface area contributed by atoms with E-state index in [1.54, 1.807) is 6.08 Å². The van der Waals surface area contributed by atoms with Crippen LogP contribution in [0.4, 0.5) is 5.69 Å². The molecule has 3 heteroatoms. The highest BCUT2D eigenvalue weighted by molar-refractivity contribution is 6.03. The van der Waals surface area contributed by atoms with Gasteiger partial charge >= 0.3 is 0 Å². The number of hydrogen-bond acceptors (Lipinski definition) is 3. The van der Waals surface area contributed by atoms with Crippen molar-refractivity contribution < 1.29 is 9.90 Å². The van der Waals surface area contributed by atoms with Crippen LogP contribution in [0.1, 0.15) is 48.9 Å². The molecule has 1 atom stereocenters. The number of ketones is 1. The molecule has 1 aromatic carbocycles. The number of carbonyl (C=O) groups is 1. The predicted octanol–water partition coefficient (Wildman–Crippen LogP) is 2.91. The number of aliphatic hydroxyl groups is 1. The Hall–Kier alpha value is -1.61. The summed E-state index contributed by atoms with van der Waals surface area (Å²) in [6.07, 6.45) is 6.19. The Kier molecular flexibility index (Phi) is 3.56. The maximum absolute atomic E-state index is 12.3. The van der Waals surface area contributed by atoms with Gasteiger partial charge in [-0.25, -0.2) is 0 Å². The third-order valence-corrected chi connectivity index (χ3v) is 5.57. The third-order valence-electron chi connectivity index (χ3n) is 5.57. The van der Waals surface area contributed by atoms with Crippen molar-refractivity contribution in [2.45, 2.75) is 52.1 Å². The number of benzene rings is 1. The first-order chi connectivity index (χ1) is 11.1. The quantitative estimate of drug-likeness (QED) is 0.913. The van der Waals surface area contributed by atoms with Crippen molar-refractivity contribution >= 4 is 17.0 Å². The Morgan fingerprint density at radius 1 is 1.13 bits per heavy atom. The van der Waals surface area contributed by atoms with E-state index in [1.165, 1.54) is 35.2 Å². The molecule has 0 radical (unpaired) electrons. The minimum absolute atomic E-state index is 0.115. The number of aryl methyl sites for hydroxylation is 1. The zero-order chi connectivity index (χ0) is 16.1. The van der Waals surface area contributed by atoms with Gasteiger partial charge in [0.05, 0.1) is 6.10 Å². The summed E-state index contributed by atoms with van der Waals surface area (Å²) < 4.78 is 0. The van der Waals surface area contributed by atoms with Gasteiger partial charge in [0.15, 0.2) is 5.78 Å². The molecule has 0 saturated heterocycles. The Balaban J connectivity index is 1.92. The largest absolute Gasteiger partial charge is 0.388 e. The molecular formula is C20H25NO2. The standard InChI is InChI=1S/C20H25NO2/c1-12(2)20(23)18-11-14(22)10-17-15-6-4-8-21-7-3-5-13(19(15)21)9-16(17)18/h9,11-12,20,23H,3-8,10H2,1-2H3. The second-order valence-electron chi connectivity index (χ2n) is 7.51. The third kappa shape index (κ3) is 2.33. The number of fused-ring (bicyclic) bond motifs is 2. The molecule has 0 fully saturated rings. The van der Waals surface area contributed by atoms with Gasteiger partial charge in [-0.1, -0.05) is 13.8 Å². The van der Waals surface area contributed by atoms with Gasteiger partial charge in [0.25, 0.3) is 0 Å². The molecule has 1 aromatic rings. The van der Waals surface area contributed by atoms with E-state index in [0.717, 1.165) is 37.1 Å². The topological polar surface area (TPSA) is 40.5 Å². The average molecular weight is 311 g/mol. The van der Waals surface area contributed by atoms with Crippen LogP contribution in [0, 0.1) is 5.92 Å². The average Bonchev–Trinajstić information content (AvgIpc) is 2.54. The fraction of sp³-hybridized carbons (Fsp3) is 0.550. The summed E-state index contributed by atoms with van der Waals surface area (Å²) in [4.78, 5) is 14.8. The van der Waals surface area contributed by atoms with Crippen molar-refractivity contribution in [3.63, 3.8) is 0 Å². The van der Waals surface area contributed by atoms with Crippen LogP contribution in [-0.2, 0) is 24.1 Å². The van der Waals surface area contributed by atoms with E-state index in [9.17, 15) is 9.90 Å². The van der Waals surface area contributed by atoms with Crippen molar-refractivity contribution in [1.29, 1.82) is 0 Å². The fourth-order valence-corrected chi connectivity index (χ4v) is 4.47. The number of carbonyl (C=O) groups excluding carboxylic acids is 1. The molecule has 3 nitrogen and oxygen atoms in total. The molecule has 2 heterocycles. The van der Waals surface area contributed by atoms with Crippen LogP contribution in [-0.4, -0.2) is 30.1 Å². The summed E-state index contributed by atoms with van der Waals surface area (Å²) in [6, 6.07) is 2.27. The number of hydrogen-bond donors (Lipinski definition) is 1. The van der Waals surface area contributed by atoms with E-state index in [-0.39, 0.29) is 11.7 Å². The molecule has 2 aliphatic heterocycles. The summed E-state index contributed by atoms with van der Waals surface area (Å²) in [6.45, 7) is 6.30. The summed E-state index contributed by atoms with van der Waals surface area (Å²) in [7, 11) is 0. The van der Waals surface area contributed by atoms with Crippen LogP contribution in [0.2, 0.25) is 0 Å². The van der Waals surface area contributed by atoms with E-state index in [0.29, 0.717) is 6.42 Å². The maximum Gasteiger partial charge on any atom is 0.160 e. The Morgan fingerprint density at radius 3 is 2.61 bits per heavy atom. The molecule has 122 valence electrons. The van der Waals surface area contributed by atoms with E-state index in [4.69, 9.17) is 0 Å². The summed E-state index contributed by atoms with van der Waals surface area (Å²) in [5.74, 6) is 0.250. The highest BCUT2D eigenvalue weighted by Crippen LogP contribution is 2.43. The Morgan fingerprint density at radius 2 is 1.87 bits per heavy atom. The maximum atomic E-state index is 12.3. The molecule has 0 amide bonds. The van der Waals surface area contributed by atoms with E-state index < -0.39 is 6.10 Å². The normalized spacial score (nSPS) is 21.0. The van der Waals surface area contributed by atoms with Gasteiger partial charge in [-0.3, -0.25) is 4.79 Å². The van der Waals surface area contributed by atoms with Crippen LogP contribution < -0.4 is 4.90 Å². The molecule has 23 heavy (non-hydrogen) atoms. The van der Waals surface area contributed by atoms with Crippen molar-refractivity contribution in [2.24, 2.45) is 5.92 Å². The zero-order valence-corrected chi connectivity index (χ0v) is 14.1. The minimum Gasteiger partial charge on any atom is -0.388 e. The lowest BCUT2D eigenvalue weighted by atomic mass is 9.77. The lowest BCUT2D eigenvalue weighted by Crippen LogP contribution is -2.36. The highest BCUT2D eigenvalue weighted by Gasteiger charge is 2.32. The van der Waals surface area contributed by atoms with Crippen LogP contribution in [0.5, 0.6) is 0 Å². The van der Waals surface area contributed by atoms with Gasteiger partial charge in [0.1, 0.15) is 0 Å². The van der Waals surface area contributed by atoms with Gasteiger partial charge in [0.2, 0.25) is 0 Å². The second-order valence-corrected chi connectivity index (χ2v) is 7.51. The molecule has 1 aliphatic carbocycles. The first-order valence-electron chi connectivity index (χ1n) is 8.91. The lowest BCUT2D eigenvalue weighted by molar-refractivity contribution is -0.114. The van der Waals surface area contributed by atoms with Gasteiger partial charge in [-0.15, -0.1) is 0 Å². The SMILES string of the molecule is CC(C)C(O)C1=CC(=O)Cc2c1cc1c3c2CCCN3CCC1. The number of allylic oxidation sites excluding steroid dienone is 1. The monoisotopic (exact) mass is 311 g/mol. The van der Waals surface area contributed by atoms with Crippen LogP contribution in [0.3, 0.4) is 0 Å². The number of rotatable bonds is 2. The van der Waals surface area contributed by atoms with Crippen LogP contribution in [0.25, 0.3) is 5.57 Å². The Bertz CT molecular complexity index is 700. The molecule has 1 unspecified atom stereocenters. The van der Waals surface area contributed by atoms with E-state index >= 15 is 0 Å². The molecule has 0 saturated carbocycles. The molecule has 0 spiro atoms. The number of anilines is 1. The molecule has 1 N–H and O–H groups in total. The van der Waals surface area contributed by atoms with Gasteiger partial charge in [0, 0.05) is 25.2 Å². The van der Waals surface area contributed by atoms with Gasteiger partial charge in [-0.05, 0) is 71.6 Å². The predicted molar refractivity (Wildman–Crippen MR) is 92.8 cm³/mol. The second kappa shape index (κ2) is 5.48.